The number of carbonyl (C=O) groups excluding carboxylic acids is 1. The third-order valence-electron chi connectivity index (χ3n) is 3.50. The maximum absolute atomic E-state index is 14.2. The highest BCUT2D eigenvalue weighted by Gasteiger charge is 2.26. The van der Waals surface area contributed by atoms with E-state index in [2.05, 4.69) is 20.4 Å². The molecule has 25 heavy (non-hydrogen) atoms. The Balaban J connectivity index is 2.03. The Morgan fingerprint density at radius 2 is 1.88 bits per heavy atom. The molecule has 1 aromatic carbocycles. The molecular weight excluding hydrogens is 347 g/mol. The van der Waals surface area contributed by atoms with Gasteiger partial charge in [-0.3, -0.25) is 10.1 Å². The molecule has 1 amide bonds. The first kappa shape index (κ1) is 17.0. The van der Waals surface area contributed by atoms with Crippen molar-refractivity contribution in [2.45, 2.75) is 20.8 Å². The molecule has 0 radical (unpaired) electrons. The normalized spacial score (nSPS) is 10.8. The van der Waals surface area contributed by atoms with Crippen LogP contribution in [-0.4, -0.2) is 21.0 Å². The SMILES string of the molecule is Cc1cc(C)nc(NC(=O)c2c(-c3c(F)cccc3Cl)noc2C)n1. The van der Waals surface area contributed by atoms with Gasteiger partial charge in [0.25, 0.3) is 5.91 Å². The fourth-order valence-corrected chi connectivity index (χ4v) is 2.73. The van der Waals surface area contributed by atoms with Gasteiger partial charge in [-0.25, -0.2) is 14.4 Å². The quantitative estimate of drug-likeness (QED) is 0.760. The Labute approximate surface area is 148 Å². The zero-order chi connectivity index (χ0) is 18.1. The molecule has 3 aromatic rings. The van der Waals surface area contributed by atoms with Crippen LogP contribution < -0.4 is 5.32 Å². The van der Waals surface area contributed by atoms with Crippen molar-refractivity contribution in [2.24, 2.45) is 0 Å². The number of rotatable bonds is 3. The summed E-state index contributed by atoms with van der Waals surface area (Å²) < 4.78 is 19.3. The smallest absolute Gasteiger partial charge is 0.263 e. The molecule has 0 aliphatic rings. The first-order valence-electron chi connectivity index (χ1n) is 7.41. The van der Waals surface area contributed by atoms with E-state index in [0.717, 1.165) is 0 Å². The molecule has 0 unspecified atom stereocenters. The number of carbonyl (C=O) groups is 1. The zero-order valence-electron chi connectivity index (χ0n) is 13.7. The van der Waals surface area contributed by atoms with Crippen LogP contribution in [0.3, 0.4) is 0 Å². The van der Waals surface area contributed by atoms with Crippen molar-refractivity contribution >= 4 is 23.5 Å². The Hall–Kier alpha value is -2.80. The second kappa shape index (κ2) is 6.60. The summed E-state index contributed by atoms with van der Waals surface area (Å²) in [5.41, 5.74) is 1.54. The number of nitrogens with zero attached hydrogens (tertiary/aromatic N) is 3. The van der Waals surface area contributed by atoms with Crippen LogP contribution in [0, 0.1) is 26.6 Å². The predicted molar refractivity (Wildman–Crippen MR) is 91.1 cm³/mol. The van der Waals surface area contributed by atoms with Crippen molar-refractivity contribution in [1.29, 1.82) is 0 Å². The summed E-state index contributed by atoms with van der Waals surface area (Å²) in [5, 5.41) is 6.52. The Bertz CT molecular complexity index is 931. The largest absolute Gasteiger partial charge is 0.360 e. The molecule has 128 valence electrons. The molecule has 6 nitrogen and oxygen atoms in total. The number of amides is 1. The summed E-state index contributed by atoms with van der Waals surface area (Å²) in [6.07, 6.45) is 0. The van der Waals surface area contributed by atoms with Crippen LogP contribution in [0.1, 0.15) is 27.5 Å². The fourth-order valence-electron chi connectivity index (χ4n) is 2.48. The fraction of sp³-hybridized carbons (Fsp3) is 0.176. The molecule has 3 rings (SSSR count). The molecule has 8 heteroatoms. The molecule has 0 aliphatic heterocycles. The summed E-state index contributed by atoms with van der Waals surface area (Å²) in [4.78, 5) is 21.0. The average molecular weight is 361 g/mol. The minimum absolute atomic E-state index is 0.00695. The first-order valence-corrected chi connectivity index (χ1v) is 7.79. The lowest BCUT2D eigenvalue weighted by Gasteiger charge is -2.07. The van der Waals surface area contributed by atoms with Gasteiger partial charge >= 0.3 is 0 Å². The Morgan fingerprint density at radius 1 is 1.20 bits per heavy atom. The van der Waals surface area contributed by atoms with Crippen LogP contribution in [0.15, 0.2) is 28.8 Å². The summed E-state index contributed by atoms with van der Waals surface area (Å²) in [6.45, 7) is 5.14. The third-order valence-corrected chi connectivity index (χ3v) is 3.81. The van der Waals surface area contributed by atoms with Crippen LogP contribution in [0.2, 0.25) is 5.02 Å². The molecule has 0 atom stereocenters. The van der Waals surface area contributed by atoms with Crippen LogP contribution in [0.25, 0.3) is 11.3 Å². The van der Waals surface area contributed by atoms with Gasteiger partial charge in [0, 0.05) is 11.4 Å². The van der Waals surface area contributed by atoms with Crippen LogP contribution in [-0.2, 0) is 0 Å². The van der Waals surface area contributed by atoms with E-state index in [9.17, 15) is 9.18 Å². The number of aryl methyl sites for hydroxylation is 3. The van der Waals surface area contributed by atoms with Crippen LogP contribution >= 0.6 is 11.6 Å². The summed E-state index contributed by atoms with van der Waals surface area (Å²) in [6, 6.07) is 6.00. The van der Waals surface area contributed by atoms with Gasteiger partial charge in [-0.15, -0.1) is 0 Å². The Kier molecular flexibility index (Phi) is 4.50. The van der Waals surface area contributed by atoms with E-state index < -0.39 is 11.7 Å². The van der Waals surface area contributed by atoms with Gasteiger partial charge in [0.1, 0.15) is 22.8 Å². The lowest BCUT2D eigenvalue weighted by Crippen LogP contribution is -2.16. The van der Waals surface area contributed by atoms with E-state index in [4.69, 9.17) is 16.1 Å². The molecular formula is C17H14ClFN4O2. The van der Waals surface area contributed by atoms with E-state index in [1.807, 2.05) is 0 Å². The highest BCUT2D eigenvalue weighted by atomic mass is 35.5. The lowest BCUT2D eigenvalue weighted by molar-refractivity contribution is 0.102. The Morgan fingerprint density at radius 3 is 2.52 bits per heavy atom. The number of benzene rings is 1. The maximum atomic E-state index is 14.2. The van der Waals surface area contributed by atoms with E-state index in [0.29, 0.717) is 11.4 Å². The molecule has 1 N–H and O–H groups in total. The van der Waals surface area contributed by atoms with E-state index >= 15 is 0 Å². The van der Waals surface area contributed by atoms with Gasteiger partial charge in [-0.05, 0) is 39.0 Å². The highest BCUT2D eigenvalue weighted by molar-refractivity contribution is 6.33. The van der Waals surface area contributed by atoms with Crippen LogP contribution in [0.4, 0.5) is 10.3 Å². The zero-order valence-corrected chi connectivity index (χ0v) is 14.5. The number of hydrogen-bond donors (Lipinski definition) is 1. The molecule has 0 saturated heterocycles. The minimum atomic E-state index is -0.600. The summed E-state index contributed by atoms with van der Waals surface area (Å²) in [7, 11) is 0. The molecule has 2 aromatic heterocycles. The monoisotopic (exact) mass is 360 g/mol. The third kappa shape index (κ3) is 3.36. The summed E-state index contributed by atoms with van der Waals surface area (Å²) in [5.74, 6) is -0.777. The van der Waals surface area contributed by atoms with E-state index in [1.54, 1.807) is 26.8 Å². The summed E-state index contributed by atoms with van der Waals surface area (Å²) >= 11 is 6.07. The van der Waals surface area contributed by atoms with Gasteiger partial charge in [0.2, 0.25) is 5.95 Å². The van der Waals surface area contributed by atoms with Gasteiger partial charge in [0.05, 0.1) is 10.6 Å². The standard InChI is InChI=1S/C17H14ClFN4O2/c1-8-7-9(2)21-17(20-8)22-16(24)13-10(3)25-23-15(13)14-11(18)5-4-6-12(14)19/h4-7H,1-3H3,(H,20,21,22,24). The number of aromatic nitrogens is 3. The number of hydrogen-bond acceptors (Lipinski definition) is 5. The maximum Gasteiger partial charge on any atom is 0.263 e. The van der Waals surface area contributed by atoms with E-state index in [-0.39, 0.29) is 33.6 Å². The van der Waals surface area contributed by atoms with Crippen molar-refractivity contribution in [3.05, 3.63) is 57.8 Å². The number of nitrogens with one attached hydrogen (secondary N) is 1. The van der Waals surface area contributed by atoms with Crippen molar-refractivity contribution in [2.75, 3.05) is 5.32 Å². The highest BCUT2D eigenvalue weighted by Crippen LogP contribution is 2.33. The molecule has 0 bridgehead atoms. The second-order valence-corrected chi connectivity index (χ2v) is 5.89. The van der Waals surface area contributed by atoms with Crippen molar-refractivity contribution in [3.63, 3.8) is 0 Å². The molecule has 0 fully saturated rings. The van der Waals surface area contributed by atoms with Gasteiger partial charge in [-0.1, -0.05) is 22.8 Å². The van der Waals surface area contributed by atoms with E-state index in [1.165, 1.54) is 18.2 Å². The molecule has 0 saturated carbocycles. The second-order valence-electron chi connectivity index (χ2n) is 5.49. The average Bonchev–Trinajstić information content (AvgIpc) is 2.87. The van der Waals surface area contributed by atoms with Crippen LogP contribution in [0.5, 0.6) is 0 Å². The molecule has 2 heterocycles. The number of halogens is 2. The van der Waals surface area contributed by atoms with Gasteiger partial charge in [-0.2, -0.15) is 0 Å². The van der Waals surface area contributed by atoms with Gasteiger partial charge in [0.15, 0.2) is 0 Å². The molecule has 0 aliphatic carbocycles. The molecule has 0 spiro atoms. The predicted octanol–water partition coefficient (Wildman–Crippen LogP) is 4.10. The van der Waals surface area contributed by atoms with Crippen molar-refractivity contribution in [1.82, 2.24) is 15.1 Å². The number of anilines is 1. The lowest BCUT2D eigenvalue weighted by atomic mass is 10.0. The van der Waals surface area contributed by atoms with Crippen molar-refractivity contribution < 1.29 is 13.7 Å². The first-order chi connectivity index (χ1) is 11.9. The van der Waals surface area contributed by atoms with Gasteiger partial charge < -0.3 is 4.52 Å². The topological polar surface area (TPSA) is 80.9 Å². The van der Waals surface area contributed by atoms with Crippen molar-refractivity contribution in [3.8, 4) is 11.3 Å². The minimum Gasteiger partial charge on any atom is -0.360 e.